The standard InChI is InChI=1S/C17H20F2N4O2/c1-11-4-3-9-22(10-11)16(24)15-12(2)23(21-20-15)13-5-7-14(8-6-13)25-17(18)19/h5-8,11,17H,3-4,9-10H2,1-2H3/t11-/m1/s1. The Hall–Kier alpha value is -2.51. The second kappa shape index (κ2) is 7.16. The first kappa shape index (κ1) is 17.3. The Bertz CT molecular complexity index is 746. The molecular formula is C17H20F2N4O2. The minimum absolute atomic E-state index is 0.0649. The van der Waals surface area contributed by atoms with E-state index in [9.17, 15) is 13.6 Å². The van der Waals surface area contributed by atoms with E-state index in [1.165, 1.54) is 16.8 Å². The van der Waals surface area contributed by atoms with Crippen LogP contribution in [-0.2, 0) is 0 Å². The van der Waals surface area contributed by atoms with E-state index in [-0.39, 0.29) is 11.7 Å². The highest BCUT2D eigenvalue weighted by molar-refractivity contribution is 5.93. The Balaban J connectivity index is 1.80. The molecule has 1 saturated heterocycles. The lowest BCUT2D eigenvalue weighted by molar-refractivity contribution is -0.0498. The van der Waals surface area contributed by atoms with Gasteiger partial charge in [-0.3, -0.25) is 4.79 Å². The smallest absolute Gasteiger partial charge is 0.387 e. The molecule has 0 radical (unpaired) electrons. The molecule has 0 saturated carbocycles. The molecular weight excluding hydrogens is 330 g/mol. The van der Waals surface area contributed by atoms with Crippen molar-refractivity contribution in [2.24, 2.45) is 5.92 Å². The zero-order valence-electron chi connectivity index (χ0n) is 14.2. The Morgan fingerprint density at radius 1 is 1.32 bits per heavy atom. The number of alkyl halides is 2. The minimum Gasteiger partial charge on any atom is -0.435 e. The molecule has 1 amide bonds. The van der Waals surface area contributed by atoms with Crippen molar-refractivity contribution in [2.75, 3.05) is 13.1 Å². The minimum atomic E-state index is -2.87. The Labute approximate surface area is 144 Å². The molecule has 2 heterocycles. The normalized spacial score (nSPS) is 17.8. The van der Waals surface area contributed by atoms with Crippen LogP contribution in [0.15, 0.2) is 24.3 Å². The summed E-state index contributed by atoms with van der Waals surface area (Å²) >= 11 is 0. The quantitative estimate of drug-likeness (QED) is 0.850. The molecule has 1 fully saturated rings. The lowest BCUT2D eigenvalue weighted by Crippen LogP contribution is -2.39. The van der Waals surface area contributed by atoms with Crippen LogP contribution in [0.3, 0.4) is 0 Å². The van der Waals surface area contributed by atoms with Crippen molar-refractivity contribution in [1.29, 1.82) is 0 Å². The van der Waals surface area contributed by atoms with Crippen molar-refractivity contribution in [1.82, 2.24) is 19.9 Å². The highest BCUT2D eigenvalue weighted by atomic mass is 19.3. The maximum absolute atomic E-state index is 12.7. The molecule has 6 nitrogen and oxygen atoms in total. The van der Waals surface area contributed by atoms with Crippen LogP contribution in [0.5, 0.6) is 5.75 Å². The van der Waals surface area contributed by atoms with Crippen LogP contribution in [0.25, 0.3) is 5.69 Å². The number of ether oxygens (including phenoxy) is 1. The molecule has 2 aromatic rings. The zero-order chi connectivity index (χ0) is 18.0. The zero-order valence-corrected chi connectivity index (χ0v) is 14.2. The molecule has 0 unspecified atom stereocenters. The van der Waals surface area contributed by atoms with Crippen molar-refractivity contribution >= 4 is 5.91 Å². The fraction of sp³-hybridized carbons (Fsp3) is 0.471. The molecule has 0 spiro atoms. The summed E-state index contributed by atoms with van der Waals surface area (Å²) in [6.45, 7) is 2.49. The van der Waals surface area contributed by atoms with Crippen molar-refractivity contribution < 1.29 is 18.3 Å². The predicted octanol–water partition coefficient (Wildman–Crippen LogP) is 3.05. The molecule has 1 aliphatic rings. The van der Waals surface area contributed by atoms with Gasteiger partial charge in [-0.15, -0.1) is 5.10 Å². The number of halogens is 2. The highest BCUT2D eigenvalue weighted by Gasteiger charge is 2.26. The van der Waals surface area contributed by atoms with E-state index in [2.05, 4.69) is 22.0 Å². The number of hydrogen-bond donors (Lipinski definition) is 0. The number of carbonyl (C=O) groups is 1. The first-order valence-corrected chi connectivity index (χ1v) is 8.22. The van der Waals surface area contributed by atoms with Crippen LogP contribution < -0.4 is 4.74 Å². The summed E-state index contributed by atoms with van der Waals surface area (Å²) in [7, 11) is 0. The summed E-state index contributed by atoms with van der Waals surface area (Å²) in [5, 5.41) is 8.08. The third-order valence-electron chi connectivity index (χ3n) is 4.35. The van der Waals surface area contributed by atoms with Gasteiger partial charge in [0.2, 0.25) is 0 Å². The molecule has 3 rings (SSSR count). The number of amides is 1. The van der Waals surface area contributed by atoms with E-state index in [4.69, 9.17) is 0 Å². The number of benzene rings is 1. The molecule has 134 valence electrons. The van der Waals surface area contributed by atoms with Crippen LogP contribution in [0.1, 0.15) is 35.9 Å². The average molecular weight is 350 g/mol. The Morgan fingerprint density at radius 3 is 2.68 bits per heavy atom. The van der Waals surface area contributed by atoms with Gasteiger partial charge < -0.3 is 9.64 Å². The molecule has 0 bridgehead atoms. The van der Waals surface area contributed by atoms with Crippen molar-refractivity contribution in [3.05, 3.63) is 35.7 Å². The lowest BCUT2D eigenvalue weighted by Gasteiger charge is -2.30. The third kappa shape index (κ3) is 3.78. The maximum Gasteiger partial charge on any atom is 0.387 e. The van der Waals surface area contributed by atoms with E-state index in [0.29, 0.717) is 23.0 Å². The Morgan fingerprint density at radius 2 is 2.04 bits per heavy atom. The highest BCUT2D eigenvalue weighted by Crippen LogP contribution is 2.21. The van der Waals surface area contributed by atoms with Crippen LogP contribution in [-0.4, -0.2) is 45.5 Å². The van der Waals surface area contributed by atoms with Gasteiger partial charge in [0, 0.05) is 13.1 Å². The second-order valence-electron chi connectivity index (χ2n) is 6.31. The van der Waals surface area contributed by atoms with Gasteiger partial charge in [0.05, 0.1) is 11.4 Å². The molecule has 1 aromatic carbocycles. The van der Waals surface area contributed by atoms with E-state index in [1.807, 2.05) is 4.90 Å². The fourth-order valence-electron chi connectivity index (χ4n) is 3.06. The van der Waals surface area contributed by atoms with Gasteiger partial charge >= 0.3 is 6.61 Å². The summed E-state index contributed by atoms with van der Waals surface area (Å²) in [4.78, 5) is 14.5. The molecule has 25 heavy (non-hydrogen) atoms. The van der Waals surface area contributed by atoms with E-state index >= 15 is 0 Å². The van der Waals surface area contributed by atoms with Crippen LogP contribution >= 0.6 is 0 Å². The van der Waals surface area contributed by atoms with Crippen molar-refractivity contribution in [3.8, 4) is 11.4 Å². The average Bonchev–Trinajstić information content (AvgIpc) is 2.96. The van der Waals surface area contributed by atoms with Gasteiger partial charge in [-0.25, -0.2) is 4.68 Å². The van der Waals surface area contributed by atoms with Crippen molar-refractivity contribution in [3.63, 3.8) is 0 Å². The number of carbonyl (C=O) groups excluding carboxylic acids is 1. The van der Waals surface area contributed by atoms with Crippen LogP contribution in [0, 0.1) is 12.8 Å². The van der Waals surface area contributed by atoms with Crippen LogP contribution in [0.2, 0.25) is 0 Å². The lowest BCUT2D eigenvalue weighted by atomic mass is 10.00. The molecule has 0 N–H and O–H groups in total. The van der Waals surface area contributed by atoms with E-state index < -0.39 is 6.61 Å². The largest absolute Gasteiger partial charge is 0.435 e. The molecule has 1 aromatic heterocycles. The topological polar surface area (TPSA) is 60.2 Å². The Kier molecular flexibility index (Phi) is 4.96. The molecule has 8 heteroatoms. The van der Waals surface area contributed by atoms with Crippen molar-refractivity contribution in [2.45, 2.75) is 33.3 Å². The number of rotatable bonds is 4. The number of hydrogen-bond acceptors (Lipinski definition) is 4. The monoisotopic (exact) mass is 350 g/mol. The second-order valence-corrected chi connectivity index (χ2v) is 6.31. The number of piperidine rings is 1. The van der Waals surface area contributed by atoms with Gasteiger partial charge in [0.1, 0.15) is 5.75 Å². The number of nitrogens with zero attached hydrogens (tertiary/aromatic N) is 4. The summed E-state index contributed by atoms with van der Waals surface area (Å²) in [5.74, 6) is 0.429. The van der Waals surface area contributed by atoms with Gasteiger partial charge in [0.15, 0.2) is 5.69 Å². The van der Waals surface area contributed by atoms with Gasteiger partial charge in [-0.2, -0.15) is 8.78 Å². The molecule has 1 aliphatic heterocycles. The molecule has 1 atom stereocenters. The summed E-state index contributed by atoms with van der Waals surface area (Å²) < 4.78 is 30.3. The third-order valence-corrected chi connectivity index (χ3v) is 4.35. The van der Waals surface area contributed by atoms with Gasteiger partial charge in [-0.1, -0.05) is 12.1 Å². The SMILES string of the molecule is Cc1c(C(=O)N2CCC[C@@H](C)C2)nnn1-c1ccc(OC(F)F)cc1. The van der Waals surface area contributed by atoms with Crippen LogP contribution in [0.4, 0.5) is 8.78 Å². The van der Waals surface area contributed by atoms with E-state index in [1.54, 1.807) is 19.1 Å². The summed E-state index contributed by atoms with van der Waals surface area (Å²) in [6, 6.07) is 6.04. The first-order valence-electron chi connectivity index (χ1n) is 8.22. The number of aromatic nitrogens is 3. The fourth-order valence-corrected chi connectivity index (χ4v) is 3.06. The number of likely N-dealkylation sites (tertiary alicyclic amines) is 1. The van der Waals surface area contributed by atoms with E-state index in [0.717, 1.165) is 25.9 Å². The summed E-state index contributed by atoms with van der Waals surface area (Å²) in [5.41, 5.74) is 1.56. The molecule has 0 aliphatic carbocycles. The van der Waals surface area contributed by atoms with Gasteiger partial charge in [-0.05, 0) is 49.9 Å². The first-order chi connectivity index (χ1) is 12.0. The van der Waals surface area contributed by atoms with Gasteiger partial charge in [0.25, 0.3) is 5.91 Å². The predicted molar refractivity (Wildman–Crippen MR) is 87.0 cm³/mol. The maximum atomic E-state index is 12.7. The summed E-state index contributed by atoms with van der Waals surface area (Å²) in [6.07, 6.45) is 2.12.